The Morgan fingerprint density at radius 2 is 2.04 bits per heavy atom. The molecule has 1 N–H and O–H groups in total. The quantitative estimate of drug-likeness (QED) is 0.888. The third kappa shape index (κ3) is 4.03. The molecule has 1 aliphatic carbocycles. The number of likely N-dealkylation sites (tertiary alicyclic amines) is 1. The largest absolute Gasteiger partial charge is 0.387 e. The molecule has 1 aromatic carbocycles. The van der Waals surface area contributed by atoms with Crippen molar-refractivity contribution in [2.45, 2.75) is 50.5 Å². The molecule has 0 radical (unpaired) electrons. The van der Waals surface area contributed by atoms with E-state index < -0.39 is 6.61 Å². The summed E-state index contributed by atoms with van der Waals surface area (Å²) >= 11 is 0. The van der Waals surface area contributed by atoms with E-state index in [1.54, 1.807) is 9.80 Å². The van der Waals surface area contributed by atoms with Crippen molar-refractivity contribution in [3.8, 4) is 0 Å². The van der Waals surface area contributed by atoms with E-state index >= 15 is 0 Å². The molecule has 25 heavy (non-hydrogen) atoms. The summed E-state index contributed by atoms with van der Waals surface area (Å²) in [5, 5.41) is 9.09. The maximum atomic E-state index is 12.7. The third-order valence-corrected chi connectivity index (χ3v) is 5.66. The van der Waals surface area contributed by atoms with E-state index in [9.17, 15) is 9.59 Å². The molecule has 1 aromatic rings. The summed E-state index contributed by atoms with van der Waals surface area (Å²) in [6.07, 6.45) is 5.68. The molecular formula is C20H28N2O3. The summed E-state index contributed by atoms with van der Waals surface area (Å²) < 4.78 is 0. The number of benzene rings is 1. The fourth-order valence-electron chi connectivity index (χ4n) is 4.30. The van der Waals surface area contributed by atoms with Crippen molar-refractivity contribution in [1.29, 1.82) is 0 Å². The van der Waals surface area contributed by atoms with Gasteiger partial charge in [-0.05, 0) is 49.1 Å². The smallest absolute Gasteiger partial charge is 0.248 e. The molecule has 136 valence electrons. The molecule has 1 fully saturated rings. The monoisotopic (exact) mass is 344 g/mol. The van der Waals surface area contributed by atoms with E-state index in [0.29, 0.717) is 25.4 Å². The highest BCUT2D eigenvalue weighted by Gasteiger charge is 2.31. The van der Waals surface area contributed by atoms with E-state index in [1.165, 1.54) is 11.1 Å². The maximum Gasteiger partial charge on any atom is 0.248 e. The summed E-state index contributed by atoms with van der Waals surface area (Å²) in [7, 11) is 1.83. The Labute approximate surface area is 149 Å². The Hall–Kier alpha value is -1.88. The molecule has 0 spiro atoms. The highest BCUT2D eigenvalue weighted by Crippen LogP contribution is 2.34. The zero-order valence-electron chi connectivity index (χ0n) is 15.0. The number of fused-ring (bicyclic) bond motifs is 1. The van der Waals surface area contributed by atoms with Gasteiger partial charge in [0.1, 0.15) is 6.61 Å². The predicted molar refractivity (Wildman–Crippen MR) is 96.2 cm³/mol. The van der Waals surface area contributed by atoms with Crippen LogP contribution in [0.4, 0.5) is 0 Å². The molecule has 1 saturated heterocycles. The Kier molecular flexibility index (Phi) is 5.74. The molecule has 0 aromatic heterocycles. The van der Waals surface area contributed by atoms with Gasteiger partial charge < -0.3 is 14.9 Å². The van der Waals surface area contributed by atoms with Crippen molar-refractivity contribution in [1.82, 2.24) is 9.80 Å². The lowest BCUT2D eigenvalue weighted by molar-refractivity contribution is -0.137. The van der Waals surface area contributed by atoms with Crippen LogP contribution in [0.5, 0.6) is 0 Å². The van der Waals surface area contributed by atoms with Gasteiger partial charge in [-0.25, -0.2) is 0 Å². The molecule has 5 nitrogen and oxygen atoms in total. The second kappa shape index (κ2) is 8.00. The van der Waals surface area contributed by atoms with Gasteiger partial charge in [0.25, 0.3) is 0 Å². The van der Waals surface area contributed by atoms with E-state index in [4.69, 9.17) is 5.11 Å². The number of hydrogen-bond acceptors (Lipinski definition) is 3. The highest BCUT2D eigenvalue weighted by atomic mass is 16.3. The fraction of sp³-hybridized carbons (Fsp3) is 0.600. The summed E-state index contributed by atoms with van der Waals surface area (Å²) in [4.78, 5) is 28.0. The van der Waals surface area contributed by atoms with Crippen molar-refractivity contribution in [3.63, 3.8) is 0 Å². The molecule has 2 atom stereocenters. The lowest BCUT2D eigenvalue weighted by Crippen LogP contribution is -2.45. The number of hydrogen-bond donors (Lipinski definition) is 1. The van der Waals surface area contributed by atoms with Gasteiger partial charge in [-0.1, -0.05) is 24.3 Å². The van der Waals surface area contributed by atoms with Crippen LogP contribution in [0.15, 0.2) is 24.3 Å². The van der Waals surface area contributed by atoms with Crippen LogP contribution in [0.25, 0.3) is 0 Å². The number of amides is 2. The third-order valence-electron chi connectivity index (χ3n) is 5.66. The SMILES string of the molecule is CN(C[C@H]1CCCN1C(=O)CO)C(=O)CC1CCCc2ccccc21. The standard InChI is InChI=1S/C20H28N2O3/c1-21(13-17-9-5-11-22(17)20(25)14-23)19(24)12-16-8-4-7-15-6-2-3-10-18(15)16/h2-3,6,10,16-17,23H,4-5,7-9,11-14H2,1H3/t16?,17-/m1/s1. The zero-order chi connectivity index (χ0) is 17.8. The number of carbonyl (C=O) groups excluding carboxylic acids is 2. The minimum atomic E-state index is -0.451. The summed E-state index contributed by atoms with van der Waals surface area (Å²) in [5.41, 5.74) is 2.71. The minimum Gasteiger partial charge on any atom is -0.387 e. The number of aliphatic hydroxyl groups is 1. The van der Waals surface area contributed by atoms with E-state index in [-0.39, 0.29) is 17.9 Å². The second-order valence-electron chi connectivity index (χ2n) is 7.31. The molecule has 0 saturated carbocycles. The van der Waals surface area contributed by atoms with E-state index in [2.05, 4.69) is 24.3 Å². The van der Waals surface area contributed by atoms with Crippen LogP contribution in [0.1, 0.15) is 49.1 Å². The lowest BCUT2D eigenvalue weighted by atomic mass is 9.81. The summed E-state index contributed by atoms with van der Waals surface area (Å²) in [5.74, 6) is 0.216. The average molecular weight is 344 g/mol. The van der Waals surface area contributed by atoms with Crippen LogP contribution in [-0.4, -0.2) is 59.5 Å². The first-order valence-electron chi connectivity index (χ1n) is 9.32. The summed E-state index contributed by atoms with van der Waals surface area (Å²) in [6, 6.07) is 8.49. The van der Waals surface area contributed by atoms with Crippen molar-refractivity contribution in [3.05, 3.63) is 35.4 Å². The number of carbonyl (C=O) groups is 2. The van der Waals surface area contributed by atoms with Crippen molar-refractivity contribution in [2.75, 3.05) is 26.7 Å². The fourth-order valence-corrected chi connectivity index (χ4v) is 4.30. The Balaban J connectivity index is 1.59. The summed E-state index contributed by atoms with van der Waals surface area (Å²) in [6.45, 7) is 0.786. The van der Waals surface area contributed by atoms with Gasteiger partial charge in [0.15, 0.2) is 0 Å². The number of rotatable bonds is 5. The number of nitrogens with zero attached hydrogens (tertiary/aromatic N) is 2. The van der Waals surface area contributed by atoms with Crippen LogP contribution in [0.2, 0.25) is 0 Å². The number of aryl methyl sites for hydroxylation is 1. The molecule has 2 amide bonds. The van der Waals surface area contributed by atoms with Crippen LogP contribution in [0.3, 0.4) is 0 Å². The maximum absolute atomic E-state index is 12.7. The second-order valence-corrected chi connectivity index (χ2v) is 7.31. The lowest BCUT2D eigenvalue weighted by Gasteiger charge is -2.30. The van der Waals surface area contributed by atoms with Gasteiger partial charge in [-0.3, -0.25) is 9.59 Å². The normalized spacial score (nSPS) is 22.6. The average Bonchev–Trinajstić information content (AvgIpc) is 3.09. The Bertz CT molecular complexity index is 631. The van der Waals surface area contributed by atoms with Gasteiger partial charge in [0.2, 0.25) is 11.8 Å². The van der Waals surface area contributed by atoms with Crippen molar-refractivity contribution >= 4 is 11.8 Å². The first-order chi connectivity index (χ1) is 12.1. The topological polar surface area (TPSA) is 60.9 Å². The van der Waals surface area contributed by atoms with Crippen molar-refractivity contribution < 1.29 is 14.7 Å². The Morgan fingerprint density at radius 3 is 2.84 bits per heavy atom. The first kappa shape index (κ1) is 17.9. The molecule has 1 heterocycles. The van der Waals surface area contributed by atoms with Gasteiger partial charge in [0, 0.05) is 32.6 Å². The molecule has 5 heteroatoms. The van der Waals surface area contributed by atoms with Crippen LogP contribution >= 0.6 is 0 Å². The van der Waals surface area contributed by atoms with Gasteiger partial charge in [0.05, 0.1) is 0 Å². The number of likely N-dealkylation sites (N-methyl/N-ethyl adjacent to an activating group) is 1. The van der Waals surface area contributed by atoms with E-state index in [1.807, 2.05) is 7.05 Å². The molecular weight excluding hydrogens is 316 g/mol. The van der Waals surface area contributed by atoms with Crippen LogP contribution in [-0.2, 0) is 16.0 Å². The van der Waals surface area contributed by atoms with Crippen LogP contribution < -0.4 is 0 Å². The highest BCUT2D eigenvalue weighted by molar-refractivity contribution is 5.79. The minimum absolute atomic E-state index is 0.0345. The molecule has 1 aliphatic heterocycles. The molecule has 2 aliphatic rings. The van der Waals surface area contributed by atoms with Gasteiger partial charge in [-0.15, -0.1) is 0 Å². The predicted octanol–water partition coefficient (Wildman–Crippen LogP) is 1.94. The number of aliphatic hydroxyl groups excluding tert-OH is 1. The van der Waals surface area contributed by atoms with E-state index in [0.717, 1.165) is 32.1 Å². The first-order valence-corrected chi connectivity index (χ1v) is 9.32. The molecule has 1 unspecified atom stereocenters. The van der Waals surface area contributed by atoms with Gasteiger partial charge in [-0.2, -0.15) is 0 Å². The van der Waals surface area contributed by atoms with Crippen molar-refractivity contribution in [2.24, 2.45) is 0 Å². The zero-order valence-corrected chi connectivity index (χ0v) is 15.0. The molecule has 3 rings (SSSR count). The van der Waals surface area contributed by atoms with Crippen LogP contribution in [0, 0.1) is 0 Å². The molecule has 0 bridgehead atoms. The van der Waals surface area contributed by atoms with Gasteiger partial charge >= 0.3 is 0 Å². The Morgan fingerprint density at radius 1 is 1.24 bits per heavy atom.